The molecule has 0 radical (unpaired) electrons. The molecule has 1 atom stereocenters. The molecule has 0 amide bonds. The van der Waals surface area contributed by atoms with Crippen molar-refractivity contribution in [2.24, 2.45) is 0 Å². The predicted octanol–water partition coefficient (Wildman–Crippen LogP) is 5.88. The number of aromatic nitrogens is 2. The smallest absolute Gasteiger partial charge is 0.328 e. The summed E-state index contributed by atoms with van der Waals surface area (Å²) < 4.78 is 35.2. The van der Waals surface area contributed by atoms with Crippen molar-refractivity contribution in [3.05, 3.63) is 82.7 Å². The zero-order chi connectivity index (χ0) is 29.1. The molecule has 0 bridgehead atoms. The average Bonchev–Trinajstić information content (AvgIpc) is 3.47. The maximum absolute atomic E-state index is 14.9. The first-order valence-corrected chi connectivity index (χ1v) is 14.2. The lowest BCUT2D eigenvalue weighted by molar-refractivity contribution is -0.131. The number of nitrogens with zero attached hydrogens (tertiary/aromatic N) is 3. The number of hydrogen-bond donors (Lipinski definition) is 1. The van der Waals surface area contributed by atoms with E-state index in [9.17, 15) is 9.18 Å². The monoisotopic (exact) mass is 563 g/mol. The molecular weight excluding hydrogens is 525 g/mol. The normalized spacial score (nSPS) is 19.5. The number of halogens is 1. The van der Waals surface area contributed by atoms with Gasteiger partial charge in [-0.25, -0.2) is 14.2 Å². The lowest BCUT2D eigenvalue weighted by Crippen LogP contribution is -2.34. The molecule has 2 aromatic carbocycles. The number of likely N-dealkylation sites (tertiary alicyclic amines) is 1. The minimum Gasteiger partial charge on any atom is -0.478 e. The number of carbonyl (C=O) groups is 1. The summed E-state index contributed by atoms with van der Waals surface area (Å²) in [6.07, 6.45) is 6.40. The fraction of sp³-hybridized carbons (Fsp3) is 0.438. The van der Waals surface area contributed by atoms with E-state index in [1.807, 2.05) is 43.5 Å². The van der Waals surface area contributed by atoms with Crippen molar-refractivity contribution in [2.45, 2.75) is 71.4 Å². The van der Waals surface area contributed by atoms with Gasteiger partial charge in [-0.15, -0.1) is 0 Å². The molecule has 218 valence electrons. The minimum atomic E-state index is -1.22. The van der Waals surface area contributed by atoms with Crippen molar-refractivity contribution in [3.63, 3.8) is 0 Å². The third-order valence-electron chi connectivity index (χ3n) is 7.75. The number of benzene rings is 2. The summed E-state index contributed by atoms with van der Waals surface area (Å²) in [5.41, 5.74) is 3.06. The van der Waals surface area contributed by atoms with Crippen molar-refractivity contribution in [1.82, 2.24) is 14.5 Å². The van der Waals surface area contributed by atoms with E-state index in [1.54, 1.807) is 25.3 Å². The fourth-order valence-corrected chi connectivity index (χ4v) is 5.65. The highest BCUT2D eigenvalue weighted by Crippen LogP contribution is 2.49. The lowest BCUT2D eigenvalue weighted by atomic mass is 9.88. The van der Waals surface area contributed by atoms with E-state index in [2.05, 4.69) is 16.0 Å². The number of para-hydroxylation sites is 1. The third-order valence-corrected chi connectivity index (χ3v) is 7.75. The molecule has 2 aliphatic heterocycles. The van der Waals surface area contributed by atoms with Crippen molar-refractivity contribution >= 4 is 12.0 Å². The van der Waals surface area contributed by atoms with Crippen molar-refractivity contribution < 1.29 is 28.5 Å². The summed E-state index contributed by atoms with van der Waals surface area (Å²) in [5.74, 6) is -0.0572. The number of rotatable bonds is 10. The molecule has 1 N–H and O–H groups in total. The highest BCUT2D eigenvalue weighted by molar-refractivity contribution is 5.84. The predicted molar refractivity (Wildman–Crippen MR) is 153 cm³/mol. The molecule has 3 aromatic rings. The van der Waals surface area contributed by atoms with Crippen LogP contribution in [0.1, 0.15) is 67.7 Å². The summed E-state index contributed by atoms with van der Waals surface area (Å²) in [6, 6.07) is 11.0. The second-order valence-electron chi connectivity index (χ2n) is 11.2. The first-order chi connectivity index (χ1) is 19.6. The number of piperidine rings is 1. The largest absolute Gasteiger partial charge is 0.478 e. The molecule has 5 rings (SSSR count). The van der Waals surface area contributed by atoms with Gasteiger partial charge in [0.05, 0.1) is 36.7 Å². The Labute approximate surface area is 240 Å². The molecule has 41 heavy (non-hydrogen) atoms. The van der Waals surface area contributed by atoms with Crippen LogP contribution in [0.25, 0.3) is 6.08 Å². The van der Waals surface area contributed by atoms with Gasteiger partial charge in [0.2, 0.25) is 0 Å². The molecule has 0 spiro atoms. The molecule has 0 aliphatic carbocycles. The zero-order valence-electron chi connectivity index (χ0n) is 24.1. The number of fused-ring (bicyclic) bond motifs is 1. The molecule has 1 unspecified atom stereocenters. The zero-order valence-corrected chi connectivity index (χ0v) is 24.1. The third kappa shape index (κ3) is 6.47. The number of carboxylic acids is 1. The van der Waals surface area contributed by atoms with Gasteiger partial charge in [0.15, 0.2) is 11.5 Å². The highest BCUT2D eigenvalue weighted by atomic mass is 19.1. The summed E-state index contributed by atoms with van der Waals surface area (Å²) >= 11 is 0. The Hall–Kier alpha value is -3.69. The number of carboxylic acid groups (broad SMARTS) is 1. The molecule has 2 aliphatic rings. The summed E-state index contributed by atoms with van der Waals surface area (Å²) in [4.78, 5) is 18.1. The summed E-state index contributed by atoms with van der Waals surface area (Å²) in [5, 5.41) is 9.09. The van der Waals surface area contributed by atoms with Crippen LogP contribution in [-0.4, -0.2) is 51.3 Å². The molecule has 0 saturated carbocycles. The van der Waals surface area contributed by atoms with E-state index in [-0.39, 0.29) is 17.8 Å². The fourth-order valence-electron chi connectivity index (χ4n) is 5.65. The van der Waals surface area contributed by atoms with E-state index >= 15 is 0 Å². The Bertz CT molecular complexity index is 1430. The molecule has 1 saturated heterocycles. The highest BCUT2D eigenvalue weighted by Gasteiger charge is 2.42. The van der Waals surface area contributed by atoms with Crippen LogP contribution in [0.5, 0.6) is 11.5 Å². The Balaban J connectivity index is 1.26. The van der Waals surface area contributed by atoms with Gasteiger partial charge in [-0.3, -0.25) is 4.90 Å². The van der Waals surface area contributed by atoms with Gasteiger partial charge < -0.3 is 23.9 Å². The van der Waals surface area contributed by atoms with E-state index < -0.39 is 11.8 Å². The van der Waals surface area contributed by atoms with Crippen LogP contribution in [0.3, 0.4) is 0 Å². The van der Waals surface area contributed by atoms with E-state index in [4.69, 9.17) is 19.3 Å². The topological polar surface area (TPSA) is 86.1 Å². The Morgan fingerprint density at radius 1 is 1.24 bits per heavy atom. The Morgan fingerprint density at radius 3 is 2.73 bits per heavy atom. The molecule has 3 heterocycles. The van der Waals surface area contributed by atoms with Crippen LogP contribution in [0.2, 0.25) is 0 Å². The quantitative estimate of drug-likeness (QED) is 0.309. The second-order valence-corrected chi connectivity index (χ2v) is 11.2. The van der Waals surface area contributed by atoms with Crippen LogP contribution in [0.15, 0.2) is 48.7 Å². The maximum Gasteiger partial charge on any atom is 0.328 e. The van der Waals surface area contributed by atoms with Crippen LogP contribution in [0.4, 0.5) is 4.39 Å². The summed E-state index contributed by atoms with van der Waals surface area (Å²) in [6.45, 7) is 11.1. The van der Waals surface area contributed by atoms with Gasteiger partial charge in [-0.2, -0.15) is 0 Å². The van der Waals surface area contributed by atoms with E-state index in [0.29, 0.717) is 36.8 Å². The second kappa shape index (κ2) is 12.0. The van der Waals surface area contributed by atoms with Crippen molar-refractivity contribution in [1.29, 1.82) is 0 Å². The van der Waals surface area contributed by atoms with E-state index in [0.717, 1.165) is 54.7 Å². The number of ether oxygens (including phenoxy) is 3. The van der Waals surface area contributed by atoms with Crippen LogP contribution in [0, 0.1) is 12.7 Å². The van der Waals surface area contributed by atoms with E-state index in [1.165, 1.54) is 6.07 Å². The van der Waals surface area contributed by atoms with Gasteiger partial charge >= 0.3 is 5.97 Å². The molecule has 1 aromatic heterocycles. The average molecular weight is 564 g/mol. The van der Waals surface area contributed by atoms with Gasteiger partial charge in [-0.05, 0) is 82.5 Å². The number of hydrogen-bond acceptors (Lipinski definition) is 6. The summed E-state index contributed by atoms with van der Waals surface area (Å²) in [7, 11) is 0. The first kappa shape index (κ1) is 28.8. The van der Waals surface area contributed by atoms with Gasteiger partial charge in [-0.1, -0.05) is 18.2 Å². The first-order valence-electron chi connectivity index (χ1n) is 14.2. The van der Waals surface area contributed by atoms with Gasteiger partial charge in [0.1, 0.15) is 11.6 Å². The molecule has 9 heteroatoms. The Morgan fingerprint density at radius 2 is 2.02 bits per heavy atom. The molecular formula is C32H38FN3O5. The minimum absolute atomic E-state index is 0.113. The SMILES string of the molecule is Cc1ccc(C2(C)Oc3cccc(C4CCN(Cc5ncc(/C=C/C(=O)O)n5CCOC(C)C)CC4)c3O2)c(F)c1. The molecule has 1 fully saturated rings. The van der Waals surface area contributed by atoms with Crippen molar-refractivity contribution in [2.75, 3.05) is 19.7 Å². The standard InChI is InChI=1S/C32H38FN3O5/c1-21(2)39-17-16-36-24(9-11-30(37)38)19-34-29(36)20-35-14-12-23(13-15-35)25-6-5-7-28-31(25)41-32(4,40-28)26-10-8-22(3)18-27(26)33/h5-11,18-19,21,23H,12-17,20H2,1-4H3,(H,37,38)/b11-9+. The van der Waals surface area contributed by atoms with Gasteiger partial charge in [0.25, 0.3) is 5.79 Å². The number of aryl methyl sites for hydroxylation is 1. The number of imidazole rings is 1. The van der Waals surface area contributed by atoms with Gasteiger partial charge in [0, 0.05) is 25.1 Å². The van der Waals surface area contributed by atoms with Crippen LogP contribution in [-0.2, 0) is 28.4 Å². The van der Waals surface area contributed by atoms with Crippen LogP contribution < -0.4 is 9.47 Å². The maximum atomic E-state index is 14.9. The van der Waals surface area contributed by atoms with Crippen LogP contribution >= 0.6 is 0 Å². The Kier molecular flexibility index (Phi) is 8.47. The van der Waals surface area contributed by atoms with Crippen molar-refractivity contribution in [3.8, 4) is 11.5 Å². The lowest BCUT2D eigenvalue weighted by Gasteiger charge is -2.32. The molecule has 8 nitrogen and oxygen atoms in total. The number of aliphatic carboxylic acids is 1.